The highest BCUT2D eigenvalue weighted by molar-refractivity contribution is 6.30. The van der Waals surface area contributed by atoms with Crippen molar-refractivity contribution in [2.24, 2.45) is 0 Å². The number of para-hydroxylation sites is 2. The summed E-state index contributed by atoms with van der Waals surface area (Å²) in [6.45, 7) is 10.2. The van der Waals surface area contributed by atoms with Gasteiger partial charge in [-0.3, -0.25) is 4.79 Å². The predicted molar refractivity (Wildman–Crippen MR) is 119 cm³/mol. The van der Waals surface area contributed by atoms with Gasteiger partial charge in [0.1, 0.15) is 5.75 Å². The van der Waals surface area contributed by atoms with Gasteiger partial charge in [0, 0.05) is 11.4 Å². The van der Waals surface area contributed by atoms with Crippen LogP contribution in [0.15, 0.2) is 42.5 Å². The van der Waals surface area contributed by atoms with Crippen LogP contribution in [-0.2, 0) is 4.79 Å². The lowest BCUT2D eigenvalue weighted by Gasteiger charge is -2.34. The molecule has 0 saturated carbocycles. The molecule has 0 aliphatic carbocycles. The molecule has 1 aliphatic heterocycles. The van der Waals surface area contributed by atoms with Crippen molar-refractivity contribution in [1.82, 2.24) is 0 Å². The molecule has 156 valence electrons. The maximum absolute atomic E-state index is 12.5. The van der Waals surface area contributed by atoms with Crippen LogP contribution in [0.5, 0.6) is 5.75 Å². The first kappa shape index (κ1) is 21.5. The molecule has 1 aliphatic rings. The highest BCUT2D eigenvalue weighted by Crippen LogP contribution is 2.26. The molecule has 6 heteroatoms. The van der Waals surface area contributed by atoms with Crippen LogP contribution in [-0.4, -0.2) is 45.2 Å². The number of hydrogen-bond donors (Lipinski definition) is 2. The van der Waals surface area contributed by atoms with E-state index in [1.165, 1.54) is 6.54 Å². The summed E-state index contributed by atoms with van der Waals surface area (Å²) in [5.41, 5.74) is 3.01. The van der Waals surface area contributed by atoms with Crippen molar-refractivity contribution in [1.29, 1.82) is 0 Å². The minimum Gasteiger partial charge on any atom is -0.493 e. The normalized spacial score (nSPS) is 14.7. The van der Waals surface area contributed by atoms with Gasteiger partial charge in [-0.25, -0.2) is 0 Å². The summed E-state index contributed by atoms with van der Waals surface area (Å²) in [5, 5.41) is 3.79. The number of nitrogens with one attached hydrogen (secondary N) is 2. The zero-order valence-corrected chi connectivity index (χ0v) is 18.1. The number of carbonyl (C=O) groups is 1. The predicted octanol–water partition coefficient (Wildman–Crippen LogP) is 3.17. The molecule has 1 saturated heterocycles. The first-order chi connectivity index (χ1) is 14.1. The smallest absolute Gasteiger partial charge is 0.224 e. The molecule has 2 aromatic carbocycles. The van der Waals surface area contributed by atoms with Crippen molar-refractivity contribution in [2.75, 3.05) is 49.5 Å². The molecule has 3 rings (SSSR count). The van der Waals surface area contributed by atoms with Gasteiger partial charge in [0.05, 0.1) is 50.7 Å². The lowest BCUT2D eigenvalue weighted by Crippen LogP contribution is -3.14. The monoisotopic (exact) mass is 416 g/mol. The number of rotatable bonds is 8. The van der Waals surface area contributed by atoms with Crippen LogP contribution in [0.3, 0.4) is 0 Å². The van der Waals surface area contributed by atoms with Crippen molar-refractivity contribution in [3.05, 3.63) is 53.1 Å². The summed E-state index contributed by atoms with van der Waals surface area (Å²) in [7, 11) is 0. The highest BCUT2D eigenvalue weighted by Gasteiger charge is 2.21. The van der Waals surface area contributed by atoms with Crippen molar-refractivity contribution in [3.8, 4) is 5.75 Å². The third-order valence-electron chi connectivity index (χ3n) is 5.43. The maximum Gasteiger partial charge on any atom is 0.224 e. The number of carbonyl (C=O) groups excluding carboxylic acids is 1. The van der Waals surface area contributed by atoms with E-state index in [9.17, 15) is 4.79 Å². The molecule has 0 aromatic heterocycles. The fourth-order valence-corrected chi connectivity index (χ4v) is 3.90. The van der Waals surface area contributed by atoms with Crippen LogP contribution in [0, 0.1) is 6.92 Å². The maximum atomic E-state index is 12.5. The van der Waals surface area contributed by atoms with E-state index in [2.05, 4.69) is 23.2 Å². The Balaban J connectivity index is 1.48. The highest BCUT2D eigenvalue weighted by atomic mass is 35.5. The molecule has 0 unspecified atom stereocenters. The number of benzene rings is 2. The lowest BCUT2D eigenvalue weighted by atomic mass is 10.2. The quantitative estimate of drug-likeness (QED) is 0.650. The van der Waals surface area contributed by atoms with Gasteiger partial charge in [-0.1, -0.05) is 23.7 Å². The van der Waals surface area contributed by atoms with E-state index < -0.39 is 0 Å². The Labute approximate surface area is 178 Å². The zero-order valence-electron chi connectivity index (χ0n) is 17.3. The molecule has 1 fully saturated rings. The number of quaternary nitrogens is 1. The molecule has 5 nitrogen and oxygen atoms in total. The Hall–Kier alpha value is -2.24. The van der Waals surface area contributed by atoms with E-state index in [4.69, 9.17) is 16.3 Å². The topological polar surface area (TPSA) is 46.0 Å². The van der Waals surface area contributed by atoms with E-state index in [0.717, 1.165) is 48.9 Å². The van der Waals surface area contributed by atoms with E-state index in [1.54, 1.807) is 4.90 Å². The minimum absolute atomic E-state index is 0.0201. The zero-order chi connectivity index (χ0) is 20.6. The van der Waals surface area contributed by atoms with Gasteiger partial charge in [0.2, 0.25) is 5.91 Å². The van der Waals surface area contributed by atoms with Gasteiger partial charge >= 0.3 is 0 Å². The molecular formula is C23H31ClN3O2+. The van der Waals surface area contributed by atoms with Gasteiger partial charge in [0.25, 0.3) is 0 Å². The number of amides is 1. The van der Waals surface area contributed by atoms with Gasteiger partial charge in [-0.15, -0.1) is 0 Å². The Morgan fingerprint density at radius 3 is 2.69 bits per heavy atom. The molecule has 0 bridgehead atoms. The molecule has 0 spiro atoms. The molecule has 0 atom stereocenters. The van der Waals surface area contributed by atoms with Crippen molar-refractivity contribution in [2.45, 2.75) is 26.7 Å². The summed E-state index contributed by atoms with van der Waals surface area (Å²) < 4.78 is 5.78. The van der Waals surface area contributed by atoms with Crippen LogP contribution in [0.4, 0.5) is 11.4 Å². The standard InChI is InChI=1S/C23H30ClN3O2/c1-3-26-12-14-27(15-13-26)21-8-5-4-7-20(21)25-23(28)9-6-16-29-22-11-10-19(24)17-18(22)2/h4-5,7-8,10-11,17H,3,6,9,12-16H2,1-2H3,(H,25,28)/p+1. The van der Waals surface area contributed by atoms with E-state index in [-0.39, 0.29) is 5.91 Å². The molecule has 1 heterocycles. The van der Waals surface area contributed by atoms with Crippen molar-refractivity contribution < 1.29 is 14.4 Å². The summed E-state index contributed by atoms with van der Waals surface area (Å²) in [6.07, 6.45) is 1.09. The average Bonchev–Trinajstić information content (AvgIpc) is 2.73. The fourth-order valence-electron chi connectivity index (χ4n) is 3.67. The van der Waals surface area contributed by atoms with Crippen LogP contribution in [0.1, 0.15) is 25.3 Å². The second-order valence-corrected chi connectivity index (χ2v) is 7.95. The van der Waals surface area contributed by atoms with Crippen LogP contribution in [0.25, 0.3) is 0 Å². The summed E-state index contributed by atoms with van der Waals surface area (Å²) in [4.78, 5) is 16.5. The second-order valence-electron chi connectivity index (χ2n) is 7.52. The molecule has 2 N–H and O–H groups in total. The number of anilines is 2. The molecule has 1 amide bonds. The third kappa shape index (κ3) is 6.12. The van der Waals surface area contributed by atoms with Crippen LogP contribution >= 0.6 is 11.6 Å². The van der Waals surface area contributed by atoms with E-state index in [1.807, 2.05) is 43.3 Å². The summed E-state index contributed by atoms with van der Waals surface area (Å²) in [6, 6.07) is 13.6. The number of ether oxygens (including phenoxy) is 1. The minimum atomic E-state index is 0.0201. The van der Waals surface area contributed by atoms with Gasteiger partial charge in [-0.05, 0) is 56.2 Å². The molecule has 0 radical (unpaired) electrons. The van der Waals surface area contributed by atoms with E-state index >= 15 is 0 Å². The third-order valence-corrected chi connectivity index (χ3v) is 5.67. The first-order valence-electron chi connectivity index (χ1n) is 10.4. The Morgan fingerprint density at radius 1 is 1.21 bits per heavy atom. The van der Waals surface area contributed by atoms with E-state index in [0.29, 0.717) is 24.5 Å². The Kier molecular flexibility index (Phi) is 7.78. The number of aryl methyl sites for hydroxylation is 1. The number of nitrogens with zero attached hydrogens (tertiary/aromatic N) is 1. The molecule has 2 aromatic rings. The van der Waals surface area contributed by atoms with Crippen LogP contribution < -0.4 is 19.9 Å². The van der Waals surface area contributed by atoms with Crippen molar-refractivity contribution in [3.63, 3.8) is 0 Å². The lowest BCUT2D eigenvalue weighted by molar-refractivity contribution is -0.898. The van der Waals surface area contributed by atoms with Crippen LogP contribution in [0.2, 0.25) is 5.02 Å². The SMILES string of the molecule is CC[NH+]1CCN(c2ccccc2NC(=O)CCCOc2ccc(Cl)cc2C)CC1. The Morgan fingerprint density at radius 2 is 1.97 bits per heavy atom. The summed E-state index contributed by atoms with van der Waals surface area (Å²) >= 11 is 5.97. The molecule has 29 heavy (non-hydrogen) atoms. The molecular weight excluding hydrogens is 386 g/mol. The fraction of sp³-hybridized carbons (Fsp3) is 0.435. The van der Waals surface area contributed by atoms with Gasteiger partial charge in [0.15, 0.2) is 0 Å². The number of piperazine rings is 1. The summed E-state index contributed by atoms with van der Waals surface area (Å²) in [5.74, 6) is 0.834. The van der Waals surface area contributed by atoms with Gasteiger partial charge < -0.3 is 19.9 Å². The first-order valence-corrected chi connectivity index (χ1v) is 10.8. The largest absolute Gasteiger partial charge is 0.493 e. The Bertz CT molecular complexity index is 820. The average molecular weight is 417 g/mol. The number of halogens is 1. The van der Waals surface area contributed by atoms with Crippen molar-refractivity contribution >= 4 is 28.9 Å². The van der Waals surface area contributed by atoms with Gasteiger partial charge in [-0.2, -0.15) is 0 Å². The number of hydrogen-bond acceptors (Lipinski definition) is 3. The second kappa shape index (κ2) is 10.5. The number of likely N-dealkylation sites (N-methyl/N-ethyl adjacent to an activating group) is 1.